The molecule has 2 saturated heterocycles. The molecule has 2 amide bonds. The van der Waals surface area contributed by atoms with Gasteiger partial charge in [0.1, 0.15) is 12.2 Å². The fraction of sp³-hybridized carbons (Fsp3) is 0.700. The molecule has 2 unspecified atom stereocenters. The lowest BCUT2D eigenvalue weighted by molar-refractivity contribution is -0.168. The van der Waals surface area contributed by atoms with Gasteiger partial charge in [-0.05, 0) is 25.7 Å². The van der Waals surface area contributed by atoms with E-state index in [9.17, 15) is 9.59 Å². The molecule has 0 aliphatic carbocycles. The Labute approximate surface area is 98.9 Å². The molecule has 0 aromatic heterocycles. The van der Waals surface area contributed by atoms with Crippen molar-refractivity contribution in [2.75, 3.05) is 6.54 Å². The maximum absolute atomic E-state index is 11.8. The molecule has 2 aliphatic rings. The van der Waals surface area contributed by atoms with Crippen molar-refractivity contribution in [2.45, 2.75) is 37.9 Å². The van der Waals surface area contributed by atoms with Crippen LogP contribution in [-0.2, 0) is 14.3 Å². The molecule has 88 valence electrons. The van der Waals surface area contributed by atoms with Crippen molar-refractivity contribution >= 4 is 29.0 Å². The van der Waals surface area contributed by atoms with Gasteiger partial charge in [-0.3, -0.25) is 14.5 Å². The van der Waals surface area contributed by atoms with Crippen molar-refractivity contribution in [3.05, 3.63) is 0 Å². The largest absolute Gasteiger partial charge is 0.393 e. The highest BCUT2D eigenvalue weighted by molar-refractivity contribution is 7.80. The van der Waals surface area contributed by atoms with Gasteiger partial charge in [0.15, 0.2) is 0 Å². The highest BCUT2D eigenvalue weighted by Crippen LogP contribution is 2.28. The van der Waals surface area contributed by atoms with E-state index in [1.165, 1.54) is 4.90 Å². The number of hydrogen-bond donors (Lipinski definition) is 1. The van der Waals surface area contributed by atoms with Gasteiger partial charge in [-0.25, -0.2) is 0 Å². The van der Waals surface area contributed by atoms with Crippen LogP contribution in [0.3, 0.4) is 0 Å². The standard InChI is InChI=1S/C10H14N2O3S/c11-8(16)2-1-5-12-9(13)6-3-4-7(15-6)10(12)14/h6-7H,1-5H2,(H2,11,16). The minimum absolute atomic E-state index is 0.207. The number of morpholine rings is 1. The van der Waals surface area contributed by atoms with Crippen LogP contribution < -0.4 is 5.73 Å². The number of amides is 2. The molecule has 0 spiro atoms. The molecule has 2 heterocycles. The minimum atomic E-state index is -0.410. The number of thiocarbonyl (C=S) groups is 1. The SMILES string of the molecule is NC(=S)CCCN1C(=O)C2CCC(O2)C1=O. The monoisotopic (exact) mass is 242 g/mol. The third-order valence-electron chi connectivity index (χ3n) is 2.91. The second kappa shape index (κ2) is 4.47. The number of rotatable bonds is 4. The maximum atomic E-state index is 11.8. The second-order valence-corrected chi connectivity index (χ2v) is 4.61. The number of nitrogens with zero attached hydrogens (tertiary/aromatic N) is 1. The summed E-state index contributed by atoms with van der Waals surface area (Å²) in [7, 11) is 0. The third kappa shape index (κ3) is 2.08. The highest BCUT2D eigenvalue weighted by Gasteiger charge is 2.45. The number of imide groups is 1. The average molecular weight is 242 g/mol. The molecule has 0 aromatic carbocycles. The summed E-state index contributed by atoms with van der Waals surface area (Å²) in [4.78, 5) is 25.3. The number of ether oxygens (including phenoxy) is 1. The minimum Gasteiger partial charge on any atom is -0.393 e. The first-order valence-corrected chi connectivity index (χ1v) is 5.79. The summed E-state index contributed by atoms with van der Waals surface area (Å²) in [6.45, 7) is 0.394. The van der Waals surface area contributed by atoms with Gasteiger partial charge in [0, 0.05) is 6.54 Å². The van der Waals surface area contributed by atoms with Crippen molar-refractivity contribution in [2.24, 2.45) is 5.73 Å². The summed E-state index contributed by atoms with van der Waals surface area (Å²) in [6, 6.07) is 0. The first-order valence-electron chi connectivity index (χ1n) is 5.38. The summed E-state index contributed by atoms with van der Waals surface area (Å²) in [5, 5.41) is 0. The van der Waals surface area contributed by atoms with Crippen molar-refractivity contribution in [1.82, 2.24) is 4.90 Å². The molecule has 0 radical (unpaired) electrons. The van der Waals surface area contributed by atoms with Crippen LogP contribution in [0.1, 0.15) is 25.7 Å². The van der Waals surface area contributed by atoms with Crippen LogP contribution in [0, 0.1) is 0 Å². The van der Waals surface area contributed by atoms with Gasteiger partial charge in [0.2, 0.25) is 0 Å². The lowest BCUT2D eigenvalue weighted by Gasteiger charge is -2.29. The number of likely N-dealkylation sites (tertiary alicyclic amines) is 1. The predicted molar refractivity (Wildman–Crippen MR) is 60.6 cm³/mol. The smallest absolute Gasteiger partial charge is 0.258 e. The molecule has 0 saturated carbocycles. The van der Waals surface area contributed by atoms with Gasteiger partial charge in [-0.2, -0.15) is 0 Å². The van der Waals surface area contributed by atoms with Gasteiger partial charge in [0.25, 0.3) is 11.8 Å². The molecule has 2 aliphatic heterocycles. The fourth-order valence-electron chi connectivity index (χ4n) is 2.09. The van der Waals surface area contributed by atoms with E-state index in [0.29, 0.717) is 37.2 Å². The van der Waals surface area contributed by atoms with E-state index >= 15 is 0 Å². The topological polar surface area (TPSA) is 72.6 Å². The number of carbonyl (C=O) groups is 2. The van der Waals surface area contributed by atoms with Gasteiger partial charge in [-0.15, -0.1) is 0 Å². The zero-order valence-corrected chi connectivity index (χ0v) is 9.66. The van der Waals surface area contributed by atoms with Crippen LogP contribution in [0.25, 0.3) is 0 Å². The molecule has 6 heteroatoms. The van der Waals surface area contributed by atoms with Gasteiger partial charge < -0.3 is 10.5 Å². The van der Waals surface area contributed by atoms with Crippen LogP contribution in [0.4, 0.5) is 0 Å². The summed E-state index contributed by atoms with van der Waals surface area (Å²) in [5.74, 6) is -0.414. The molecule has 2 bridgehead atoms. The summed E-state index contributed by atoms with van der Waals surface area (Å²) >= 11 is 4.74. The summed E-state index contributed by atoms with van der Waals surface area (Å²) < 4.78 is 5.29. The Morgan fingerprint density at radius 2 is 1.94 bits per heavy atom. The predicted octanol–water partition coefficient (Wildman–Crippen LogP) is -0.0309. The lowest BCUT2D eigenvalue weighted by Crippen LogP contribution is -2.51. The first-order chi connectivity index (χ1) is 7.59. The third-order valence-corrected chi connectivity index (χ3v) is 3.11. The van der Waals surface area contributed by atoms with Gasteiger partial charge in [0.05, 0.1) is 4.99 Å². The van der Waals surface area contributed by atoms with Crippen LogP contribution in [0.15, 0.2) is 0 Å². The zero-order valence-electron chi connectivity index (χ0n) is 8.85. The molecular formula is C10H14N2O3S. The van der Waals surface area contributed by atoms with Crippen molar-refractivity contribution in [3.63, 3.8) is 0 Å². The summed E-state index contributed by atoms with van der Waals surface area (Å²) in [5.41, 5.74) is 5.36. The lowest BCUT2D eigenvalue weighted by atomic mass is 10.2. The molecule has 5 nitrogen and oxygen atoms in total. The quantitative estimate of drug-likeness (QED) is 0.553. The summed E-state index contributed by atoms with van der Waals surface area (Å²) in [6.07, 6.45) is 1.68. The van der Waals surface area contributed by atoms with Gasteiger partial charge in [-0.1, -0.05) is 12.2 Å². The zero-order chi connectivity index (χ0) is 11.7. The van der Waals surface area contributed by atoms with Crippen molar-refractivity contribution < 1.29 is 14.3 Å². The Bertz CT molecular complexity index is 323. The number of hydrogen-bond acceptors (Lipinski definition) is 4. The molecule has 2 atom stereocenters. The van der Waals surface area contributed by atoms with Crippen LogP contribution in [-0.4, -0.2) is 40.5 Å². The average Bonchev–Trinajstić information content (AvgIpc) is 2.67. The van der Waals surface area contributed by atoms with E-state index in [1.54, 1.807) is 0 Å². The Hall–Kier alpha value is -1.01. The van der Waals surface area contributed by atoms with E-state index in [2.05, 4.69) is 0 Å². The number of nitrogens with two attached hydrogens (primary N) is 1. The molecule has 0 aromatic rings. The first kappa shape index (κ1) is 11.5. The van der Waals surface area contributed by atoms with E-state index in [0.717, 1.165) is 0 Å². The molecule has 2 fully saturated rings. The van der Waals surface area contributed by atoms with Crippen molar-refractivity contribution in [1.29, 1.82) is 0 Å². The van der Waals surface area contributed by atoms with E-state index < -0.39 is 12.2 Å². The Balaban J connectivity index is 1.95. The molecular weight excluding hydrogens is 228 g/mol. The number of carbonyl (C=O) groups excluding carboxylic acids is 2. The van der Waals surface area contributed by atoms with Gasteiger partial charge >= 0.3 is 0 Å². The van der Waals surface area contributed by atoms with Crippen LogP contribution in [0.2, 0.25) is 0 Å². The number of fused-ring (bicyclic) bond motifs is 2. The highest BCUT2D eigenvalue weighted by atomic mass is 32.1. The van der Waals surface area contributed by atoms with Crippen molar-refractivity contribution in [3.8, 4) is 0 Å². The molecule has 2 N–H and O–H groups in total. The van der Waals surface area contributed by atoms with E-state index in [4.69, 9.17) is 22.7 Å². The molecule has 16 heavy (non-hydrogen) atoms. The second-order valence-electron chi connectivity index (χ2n) is 4.09. The van der Waals surface area contributed by atoms with Crippen LogP contribution >= 0.6 is 12.2 Å². The van der Waals surface area contributed by atoms with E-state index in [1.807, 2.05) is 0 Å². The normalized spacial score (nSPS) is 28.6. The Kier molecular flexibility index (Phi) is 3.20. The Morgan fingerprint density at radius 1 is 1.38 bits per heavy atom. The van der Waals surface area contributed by atoms with E-state index in [-0.39, 0.29) is 11.8 Å². The maximum Gasteiger partial charge on any atom is 0.258 e. The fourth-order valence-corrected chi connectivity index (χ4v) is 2.23. The Morgan fingerprint density at radius 3 is 2.44 bits per heavy atom. The van der Waals surface area contributed by atoms with Crippen LogP contribution in [0.5, 0.6) is 0 Å². The molecule has 2 rings (SSSR count).